The smallest absolute Gasteiger partial charge is 0.104 e. The molecule has 0 amide bonds. The summed E-state index contributed by atoms with van der Waals surface area (Å²) >= 11 is 6.53. The lowest BCUT2D eigenvalue weighted by Crippen LogP contribution is -2.26. The van der Waals surface area contributed by atoms with Gasteiger partial charge in [0.25, 0.3) is 0 Å². The van der Waals surface area contributed by atoms with Crippen molar-refractivity contribution >= 4 is 28.5 Å². The average Bonchev–Trinajstić information content (AvgIpc) is 2.56. The fourth-order valence-corrected chi connectivity index (χ4v) is 1.63. The van der Waals surface area contributed by atoms with Gasteiger partial charge in [0.15, 0.2) is 0 Å². The zero-order chi connectivity index (χ0) is 9.68. The minimum Gasteiger partial charge on any atom is -0.391 e. The second-order valence-corrected chi connectivity index (χ2v) is 4.25. The van der Waals surface area contributed by atoms with Crippen molar-refractivity contribution in [2.75, 3.05) is 6.61 Å². The molecule has 0 saturated heterocycles. The Labute approximate surface area is 87.7 Å². The van der Waals surface area contributed by atoms with E-state index in [4.69, 9.17) is 22.7 Å². The lowest BCUT2D eigenvalue weighted by molar-refractivity contribution is 0.114. The van der Waals surface area contributed by atoms with Gasteiger partial charge in [0.2, 0.25) is 0 Å². The Morgan fingerprint density at radius 2 is 2.54 bits per heavy atom. The summed E-state index contributed by atoms with van der Waals surface area (Å²) in [5.41, 5.74) is 5.40. The highest BCUT2D eigenvalue weighted by Gasteiger charge is 2.04. The molecule has 1 aromatic rings. The number of thiocarbonyl (C=S) groups is 1. The highest BCUT2D eigenvalue weighted by atomic mass is 32.1. The van der Waals surface area contributed by atoms with Gasteiger partial charge >= 0.3 is 0 Å². The summed E-state index contributed by atoms with van der Waals surface area (Å²) in [5, 5.41) is 2.06. The van der Waals surface area contributed by atoms with Crippen molar-refractivity contribution in [1.29, 1.82) is 0 Å². The monoisotopic (exact) mass is 215 g/mol. The number of ether oxygens (including phenoxy) is 1. The van der Waals surface area contributed by atoms with Gasteiger partial charge in [-0.1, -0.05) is 18.3 Å². The summed E-state index contributed by atoms with van der Waals surface area (Å²) in [7, 11) is 0. The van der Waals surface area contributed by atoms with Crippen molar-refractivity contribution in [3.8, 4) is 0 Å². The number of hydrogen-bond acceptors (Lipinski definition) is 3. The highest BCUT2D eigenvalue weighted by Crippen LogP contribution is 2.09. The Morgan fingerprint density at radius 3 is 3.08 bits per heavy atom. The highest BCUT2D eigenvalue weighted by molar-refractivity contribution is 7.80. The van der Waals surface area contributed by atoms with Crippen LogP contribution in [-0.2, 0) is 11.2 Å². The topological polar surface area (TPSA) is 35.2 Å². The van der Waals surface area contributed by atoms with E-state index in [1.165, 1.54) is 4.88 Å². The summed E-state index contributed by atoms with van der Waals surface area (Å²) < 4.78 is 5.42. The molecule has 0 aliphatic carbocycles. The molecule has 0 fully saturated rings. The summed E-state index contributed by atoms with van der Waals surface area (Å²) in [5.74, 6) is 0. The summed E-state index contributed by atoms with van der Waals surface area (Å²) in [6, 6.07) is 4.14. The first-order valence-electron chi connectivity index (χ1n) is 4.13. The van der Waals surface area contributed by atoms with E-state index in [2.05, 4.69) is 11.4 Å². The van der Waals surface area contributed by atoms with Crippen LogP contribution in [0.5, 0.6) is 0 Å². The van der Waals surface area contributed by atoms with Crippen LogP contribution in [0.25, 0.3) is 0 Å². The lowest BCUT2D eigenvalue weighted by Gasteiger charge is -2.09. The van der Waals surface area contributed by atoms with Crippen molar-refractivity contribution < 1.29 is 4.74 Å². The molecule has 0 bridgehead atoms. The third-order valence-electron chi connectivity index (χ3n) is 1.70. The van der Waals surface area contributed by atoms with Gasteiger partial charge in [-0.05, 0) is 18.4 Å². The number of nitrogens with two attached hydrogens (primary N) is 1. The van der Waals surface area contributed by atoms with Crippen molar-refractivity contribution in [3.63, 3.8) is 0 Å². The molecule has 0 aromatic carbocycles. The van der Waals surface area contributed by atoms with Gasteiger partial charge in [0.1, 0.15) is 11.1 Å². The maximum atomic E-state index is 5.42. The van der Waals surface area contributed by atoms with E-state index in [1.807, 2.05) is 13.0 Å². The van der Waals surface area contributed by atoms with Crippen LogP contribution in [0, 0.1) is 0 Å². The van der Waals surface area contributed by atoms with Crippen LogP contribution in [0.2, 0.25) is 0 Å². The molecule has 72 valence electrons. The Kier molecular flexibility index (Phi) is 4.35. The van der Waals surface area contributed by atoms with Crippen LogP contribution in [0.15, 0.2) is 17.5 Å². The van der Waals surface area contributed by atoms with Crippen molar-refractivity contribution in [2.45, 2.75) is 19.4 Å². The molecular weight excluding hydrogens is 202 g/mol. The zero-order valence-corrected chi connectivity index (χ0v) is 9.16. The molecule has 1 rings (SSSR count). The largest absolute Gasteiger partial charge is 0.391 e. The van der Waals surface area contributed by atoms with Gasteiger partial charge in [-0.15, -0.1) is 11.3 Å². The summed E-state index contributed by atoms with van der Waals surface area (Å²) in [4.78, 5) is 1.75. The van der Waals surface area contributed by atoms with Crippen LogP contribution < -0.4 is 5.73 Å². The van der Waals surface area contributed by atoms with E-state index in [9.17, 15) is 0 Å². The Morgan fingerprint density at radius 1 is 1.77 bits per heavy atom. The van der Waals surface area contributed by atoms with Crippen molar-refractivity contribution in [2.24, 2.45) is 5.73 Å². The normalized spacial score (nSPS) is 12.7. The number of thiophene rings is 1. The van der Waals surface area contributed by atoms with E-state index in [-0.39, 0.29) is 6.10 Å². The van der Waals surface area contributed by atoms with Gasteiger partial charge in [0.05, 0.1) is 6.61 Å². The van der Waals surface area contributed by atoms with Crippen molar-refractivity contribution in [1.82, 2.24) is 0 Å². The fraction of sp³-hybridized carbons (Fsp3) is 0.444. The molecule has 2 N–H and O–H groups in total. The predicted molar refractivity (Wildman–Crippen MR) is 60.2 cm³/mol. The van der Waals surface area contributed by atoms with Gasteiger partial charge in [-0.25, -0.2) is 0 Å². The van der Waals surface area contributed by atoms with E-state index >= 15 is 0 Å². The maximum Gasteiger partial charge on any atom is 0.104 e. The Bertz CT molecular complexity index is 259. The molecule has 0 saturated carbocycles. The van der Waals surface area contributed by atoms with E-state index < -0.39 is 0 Å². The first-order valence-corrected chi connectivity index (χ1v) is 5.42. The average molecular weight is 215 g/mol. The van der Waals surface area contributed by atoms with Crippen LogP contribution in [0.3, 0.4) is 0 Å². The minimum absolute atomic E-state index is 0.116. The third kappa shape index (κ3) is 3.85. The van der Waals surface area contributed by atoms with Gasteiger partial charge in [-0.2, -0.15) is 0 Å². The quantitative estimate of drug-likeness (QED) is 0.763. The second kappa shape index (κ2) is 5.32. The first-order chi connectivity index (χ1) is 6.20. The molecule has 0 radical (unpaired) electrons. The van der Waals surface area contributed by atoms with Crippen LogP contribution in [0.1, 0.15) is 11.8 Å². The van der Waals surface area contributed by atoms with Gasteiger partial charge < -0.3 is 10.5 Å². The molecule has 2 nitrogen and oxygen atoms in total. The second-order valence-electron chi connectivity index (χ2n) is 2.74. The summed E-state index contributed by atoms with van der Waals surface area (Å²) in [6.45, 7) is 2.55. The van der Waals surface area contributed by atoms with Crippen LogP contribution >= 0.6 is 23.6 Å². The predicted octanol–water partition coefficient (Wildman–Crippen LogP) is 1.98. The van der Waals surface area contributed by atoms with Gasteiger partial charge in [0, 0.05) is 11.3 Å². The molecule has 0 aliphatic rings. The molecule has 0 spiro atoms. The first kappa shape index (κ1) is 10.6. The van der Waals surface area contributed by atoms with E-state index in [1.54, 1.807) is 11.3 Å². The molecular formula is C9H13NOS2. The summed E-state index contributed by atoms with van der Waals surface area (Å²) in [6.07, 6.45) is 0.819. The Hall–Kier alpha value is -0.450. The molecule has 1 atom stereocenters. The zero-order valence-electron chi connectivity index (χ0n) is 7.53. The molecule has 0 aliphatic heterocycles. The van der Waals surface area contributed by atoms with Crippen LogP contribution in [0.4, 0.5) is 0 Å². The van der Waals surface area contributed by atoms with Crippen LogP contribution in [-0.4, -0.2) is 17.7 Å². The maximum absolute atomic E-state index is 5.42. The Balaban J connectivity index is 2.18. The number of hydrogen-bond donors (Lipinski definition) is 1. The SMILES string of the molecule is CC(OCCc1cccs1)C(N)=S. The molecule has 1 heterocycles. The fourth-order valence-electron chi connectivity index (χ4n) is 0.873. The van der Waals surface area contributed by atoms with E-state index in [0.29, 0.717) is 11.6 Å². The van der Waals surface area contributed by atoms with E-state index in [0.717, 1.165) is 6.42 Å². The lowest BCUT2D eigenvalue weighted by atomic mass is 10.3. The molecule has 13 heavy (non-hydrogen) atoms. The van der Waals surface area contributed by atoms with Crippen molar-refractivity contribution in [3.05, 3.63) is 22.4 Å². The minimum atomic E-state index is -0.116. The molecule has 1 unspecified atom stereocenters. The third-order valence-corrected chi connectivity index (χ3v) is 2.97. The molecule has 1 aromatic heterocycles. The van der Waals surface area contributed by atoms with Gasteiger partial charge in [-0.3, -0.25) is 0 Å². The standard InChI is InChI=1S/C9H13NOS2/c1-7(9(10)12)11-5-4-8-3-2-6-13-8/h2-3,6-7H,4-5H2,1H3,(H2,10,12). The number of rotatable bonds is 5. The molecule has 4 heteroatoms.